The highest BCUT2D eigenvalue weighted by Crippen LogP contribution is 2.65. The van der Waals surface area contributed by atoms with Crippen molar-refractivity contribution in [1.29, 1.82) is 0 Å². The SMILES string of the molecule is CC(C)(C)C1CC2SC3CC(C(C)(C)C)CC4SC5CC(C(C)(C)C)CC6SC7CC(C(C)(C)C)CC(SC(C1)C2SC34)C7SC65. The van der Waals surface area contributed by atoms with Crippen LogP contribution in [0.3, 0.4) is 0 Å². The van der Waals surface area contributed by atoms with Crippen LogP contribution in [0.4, 0.5) is 0 Å². The standard InChI is InChI=1S/C40H68S6/c1-37(2,3)21-13-25-33-29(17-21)43-30-18-23(39(7,8)9)15-27-35(30)46-36-28(42-27)16-24(40(10,11)12)20-32(36)44-31-19-22(38(4,5)6)14-26(41-25)34(31)45-33/h21-36H,13-20H2,1-12H3. The van der Waals surface area contributed by atoms with Gasteiger partial charge in [0.2, 0.25) is 0 Å². The van der Waals surface area contributed by atoms with Gasteiger partial charge in [-0.1, -0.05) is 83.1 Å². The Kier molecular flexibility index (Phi) is 10.2. The Morgan fingerprint density at radius 1 is 0.261 bits per heavy atom. The summed E-state index contributed by atoms with van der Waals surface area (Å²) in [6.07, 6.45) is 11.7. The molecule has 0 amide bonds. The number of rotatable bonds is 0. The van der Waals surface area contributed by atoms with Crippen LogP contribution in [-0.4, -0.2) is 63.0 Å². The van der Waals surface area contributed by atoms with E-state index in [0.29, 0.717) is 21.7 Å². The van der Waals surface area contributed by atoms with Crippen molar-refractivity contribution in [3.63, 3.8) is 0 Å². The molecule has 3 heterocycles. The average molecular weight is 741 g/mol. The second-order valence-electron chi connectivity index (χ2n) is 21.1. The van der Waals surface area contributed by atoms with Gasteiger partial charge in [-0.2, -0.15) is 70.6 Å². The molecule has 4 saturated carbocycles. The first kappa shape index (κ1) is 36.5. The first-order chi connectivity index (χ1) is 21.3. The highest BCUT2D eigenvalue weighted by atomic mass is 32.2. The summed E-state index contributed by atoms with van der Waals surface area (Å²) in [4.78, 5) is 0. The summed E-state index contributed by atoms with van der Waals surface area (Å²) in [5.74, 6) is 3.46. The molecule has 7 rings (SSSR count). The number of hydrogen-bond donors (Lipinski definition) is 0. The molecule has 264 valence electrons. The van der Waals surface area contributed by atoms with Gasteiger partial charge >= 0.3 is 0 Å². The van der Waals surface area contributed by atoms with E-state index in [1.54, 1.807) is 0 Å². The van der Waals surface area contributed by atoms with Gasteiger partial charge in [-0.05, 0) is 96.7 Å². The van der Waals surface area contributed by atoms with Crippen LogP contribution in [-0.2, 0) is 0 Å². The molecule has 0 spiro atoms. The van der Waals surface area contributed by atoms with Crippen LogP contribution in [0.25, 0.3) is 0 Å². The van der Waals surface area contributed by atoms with Crippen molar-refractivity contribution in [3.8, 4) is 0 Å². The van der Waals surface area contributed by atoms with Crippen molar-refractivity contribution in [2.24, 2.45) is 45.3 Å². The predicted octanol–water partition coefficient (Wildman–Crippen LogP) is 12.7. The van der Waals surface area contributed by atoms with E-state index < -0.39 is 0 Å². The molecule has 0 aromatic carbocycles. The van der Waals surface area contributed by atoms with Crippen LogP contribution in [0.15, 0.2) is 0 Å². The zero-order valence-corrected chi connectivity index (χ0v) is 36.2. The van der Waals surface area contributed by atoms with E-state index in [9.17, 15) is 0 Å². The number of thioether (sulfide) groups is 6. The summed E-state index contributed by atoms with van der Waals surface area (Å²) in [6.45, 7) is 30.8. The lowest BCUT2D eigenvalue weighted by Crippen LogP contribution is -2.57. The Morgan fingerprint density at radius 3 is 0.543 bits per heavy atom. The molecule has 4 aliphatic carbocycles. The topological polar surface area (TPSA) is 0 Å². The van der Waals surface area contributed by atoms with Gasteiger partial charge in [0.05, 0.1) is 0 Å². The minimum Gasteiger partial charge on any atom is -0.153 e. The maximum atomic E-state index is 2.58. The van der Waals surface area contributed by atoms with Crippen molar-refractivity contribution >= 4 is 70.6 Å². The van der Waals surface area contributed by atoms with E-state index in [4.69, 9.17) is 0 Å². The van der Waals surface area contributed by atoms with Crippen LogP contribution >= 0.6 is 70.6 Å². The van der Waals surface area contributed by atoms with E-state index in [0.717, 1.165) is 86.7 Å². The second kappa shape index (κ2) is 12.9. The zero-order valence-electron chi connectivity index (χ0n) is 31.3. The summed E-state index contributed by atoms with van der Waals surface area (Å²) < 4.78 is 0. The minimum atomic E-state index is 0.417. The molecule has 0 aromatic rings. The first-order valence-corrected chi connectivity index (χ1v) is 24.8. The second-order valence-corrected chi connectivity index (χ2v) is 29.8. The lowest BCUT2D eigenvalue weighted by molar-refractivity contribution is 0.174. The van der Waals surface area contributed by atoms with Gasteiger partial charge in [0.25, 0.3) is 0 Å². The Morgan fingerprint density at radius 2 is 0.413 bits per heavy atom. The third kappa shape index (κ3) is 7.20. The van der Waals surface area contributed by atoms with Crippen LogP contribution < -0.4 is 0 Å². The molecule has 0 nitrogen and oxygen atoms in total. The van der Waals surface area contributed by atoms with E-state index in [2.05, 4.69) is 154 Å². The molecule has 6 heteroatoms. The van der Waals surface area contributed by atoms with E-state index in [-0.39, 0.29) is 0 Å². The van der Waals surface area contributed by atoms with Gasteiger partial charge in [0.1, 0.15) is 0 Å². The summed E-state index contributed by atoms with van der Waals surface area (Å²) in [7, 11) is 0. The van der Waals surface area contributed by atoms with E-state index >= 15 is 0 Å². The zero-order chi connectivity index (χ0) is 33.1. The van der Waals surface area contributed by atoms with E-state index in [1.165, 1.54) is 51.4 Å². The normalized spacial score (nSPS) is 49.8. The highest BCUT2D eigenvalue weighted by molar-refractivity contribution is 8.12. The van der Waals surface area contributed by atoms with E-state index in [1.807, 2.05) is 0 Å². The molecular formula is C40H68S6. The summed E-state index contributed by atoms with van der Waals surface area (Å²) >= 11 is 15.4. The summed E-state index contributed by atoms with van der Waals surface area (Å²) in [5, 5.41) is 10.2. The molecule has 3 saturated heterocycles. The third-order valence-electron chi connectivity index (χ3n) is 14.0. The van der Waals surface area contributed by atoms with Gasteiger partial charge in [0, 0.05) is 63.0 Å². The summed E-state index contributed by atoms with van der Waals surface area (Å²) in [6, 6.07) is 0. The van der Waals surface area contributed by atoms with Crippen molar-refractivity contribution < 1.29 is 0 Å². The van der Waals surface area contributed by atoms with Gasteiger partial charge < -0.3 is 0 Å². The van der Waals surface area contributed by atoms with Crippen molar-refractivity contribution in [2.75, 3.05) is 0 Å². The highest BCUT2D eigenvalue weighted by Gasteiger charge is 2.58. The van der Waals surface area contributed by atoms with Gasteiger partial charge in [0.15, 0.2) is 0 Å². The Labute approximate surface area is 311 Å². The van der Waals surface area contributed by atoms with Crippen LogP contribution in [0, 0.1) is 45.3 Å². The van der Waals surface area contributed by atoms with Crippen molar-refractivity contribution in [1.82, 2.24) is 0 Å². The fraction of sp³-hybridized carbons (Fsp3) is 1.00. The lowest BCUT2D eigenvalue weighted by atomic mass is 9.71. The predicted molar refractivity (Wildman–Crippen MR) is 220 cm³/mol. The van der Waals surface area contributed by atoms with Crippen molar-refractivity contribution in [2.45, 2.75) is 197 Å². The molecule has 0 radical (unpaired) electrons. The fourth-order valence-corrected chi connectivity index (χ4v) is 24.3. The van der Waals surface area contributed by atoms with Gasteiger partial charge in [-0.15, -0.1) is 0 Å². The lowest BCUT2D eigenvalue weighted by Gasteiger charge is -2.59. The molecule has 0 N–H and O–H groups in total. The molecule has 7 aliphatic rings. The van der Waals surface area contributed by atoms with Crippen molar-refractivity contribution in [3.05, 3.63) is 0 Å². The maximum Gasteiger partial charge on any atom is 0.0289 e. The third-order valence-corrected chi connectivity index (χ3v) is 25.9. The van der Waals surface area contributed by atoms with Crippen LogP contribution in [0.1, 0.15) is 134 Å². The van der Waals surface area contributed by atoms with Crippen LogP contribution in [0.2, 0.25) is 0 Å². The Balaban J connectivity index is 1.30. The van der Waals surface area contributed by atoms with Crippen LogP contribution in [0.5, 0.6) is 0 Å². The fourth-order valence-electron chi connectivity index (χ4n) is 10.5. The molecule has 3 aliphatic heterocycles. The summed E-state index contributed by atoms with van der Waals surface area (Å²) in [5.41, 5.74) is 1.67. The Hall–Kier alpha value is 2.10. The largest absolute Gasteiger partial charge is 0.153 e. The van der Waals surface area contributed by atoms with Gasteiger partial charge in [-0.25, -0.2) is 0 Å². The molecule has 46 heavy (non-hydrogen) atoms. The minimum absolute atomic E-state index is 0.417. The monoisotopic (exact) mass is 740 g/mol. The first-order valence-electron chi connectivity index (χ1n) is 19.2. The maximum absolute atomic E-state index is 2.58. The molecule has 8 atom stereocenters. The number of hydrogen-bond acceptors (Lipinski definition) is 6. The molecule has 7 fully saturated rings. The smallest absolute Gasteiger partial charge is 0.0289 e. The quantitative estimate of drug-likeness (QED) is 0.241. The molecule has 8 unspecified atom stereocenters. The Bertz CT molecular complexity index is 927. The molecule has 4 bridgehead atoms. The molecule has 0 aromatic heterocycles. The van der Waals surface area contributed by atoms with Gasteiger partial charge in [-0.3, -0.25) is 0 Å². The molecular weight excluding hydrogens is 673 g/mol. The average Bonchev–Trinajstić information content (AvgIpc) is 2.92.